The number of rotatable bonds is 5. The number of hydrogen-bond acceptors (Lipinski definition) is 2. The van der Waals surface area contributed by atoms with E-state index in [2.05, 4.69) is 36.2 Å². The minimum atomic E-state index is 0.689. The van der Waals surface area contributed by atoms with Gasteiger partial charge in [0.15, 0.2) is 0 Å². The van der Waals surface area contributed by atoms with Gasteiger partial charge >= 0.3 is 0 Å². The third-order valence-corrected chi connectivity index (χ3v) is 4.92. The lowest BCUT2D eigenvalue weighted by Crippen LogP contribution is -2.37. The minimum absolute atomic E-state index is 0.689. The van der Waals surface area contributed by atoms with Crippen molar-refractivity contribution in [1.29, 1.82) is 0 Å². The summed E-state index contributed by atoms with van der Waals surface area (Å²) in [6, 6.07) is 9.90. The molecule has 1 aromatic carbocycles. The van der Waals surface area contributed by atoms with Crippen molar-refractivity contribution in [2.24, 2.45) is 11.7 Å². The van der Waals surface area contributed by atoms with Crippen LogP contribution in [0, 0.1) is 5.92 Å². The van der Waals surface area contributed by atoms with E-state index in [4.69, 9.17) is 5.73 Å². The Morgan fingerprint density at radius 2 is 2.05 bits per heavy atom. The molecule has 2 nitrogen and oxygen atoms in total. The van der Waals surface area contributed by atoms with Gasteiger partial charge in [-0.25, -0.2) is 0 Å². The second kappa shape index (κ2) is 5.64. The van der Waals surface area contributed by atoms with E-state index in [1.165, 1.54) is 37.7 Å². The van der Waals surface area contributed by atoms with Gasteiger partial charge in [-0.05, 0) is 62.2 Å². The summed E-state index contributed by atoms with van der Waals surface area (Å²) in [4.78, 5) is 2.52. The Bertz CT molecular complexity index is 425. The van der Waals surface area contributed by atoms with Gasteiger partial charge in [0.2, 0.25) is 0 Å². The molecule has 2 aliphatic rings. The summed E-state index contributed by atoms with van der Waals surface area (Å²) in [7, 11) is 2.27. The molecule has 2 atom stereocenters. The summed E-state index contributed by atoms with van der Waals surface area (Å²) in [6.07, 6.45) is 6.75. The standard InChI is InChI=1S/C17H26N2/c1-19(17-7-3-6-16(17)11-18)12-13-4-2-5-15(10-13)14-8-9-14/h2,4-5,10,14,16-17H,3,6-9,11-12,18H2,1H3. The van der Waals surface area contributed by atoms with E-state index in [1.54, 1.807) is 5.56 Å². The molecule has 0 bridgehead atoms. The lowest BCUT2D eigenvalue weighted by Gasteiger charge is -2.29. The molecule has 0 aromatic heterocycles. The van der Waals surface area contributed by atoms with E-state index in [-0.39, 0.29) is 0 Å². The molecule has 0 amide bonds. The van der Waals surface area contributed by atoms with Crippen molar-refractivity contribution in [3.8, 4) is 0 Å². The van der Waals surface area contributed by atoms with Gasteiger partial charge in [0.05, 0.1) is 0 Å². The summed E-state index contributed by atoms with van der Waals surface area (Å²) in [6.45, 7) is 1.92. The normalized spacial score (nSPS) is 27.1. The van der Waals surface area contributed by atoms with Gasteiger partial charge in [0.25, 0.3) is 0 Å². The highest BCUT2D eigenvalue weighted by Crippen LogP contribution is 2.40. The van der Waals surface area contributed by atoms with Crippen LogP contribution in [0.3, 0.4) is 0 Å². The first-order chi connectivity index (χ1) is 9.28. The van der Waals surface area contributed by atoms with Gasteiger partial charge in [-0.15, -0.1) is 0 Å². The molecule has 2 aliphatic carbocycles. The average molecular weight is 258 g/mol. The lowest BCUT2D eigenvalue weighted by molar-refractivity contribution is 0.193. The van der Waals surface area contributed by atoms with Crippen molar-refractivity contribution in [2.75, 3.05) is 13.6 Å². The fourth-order valence-corrected chi connectivity index (χ4v) is 3.64. The molecule has 0 heterocycles. The molecular formula is C17H26N2. The summed E-state index contributed by atoms with van der Waals surface area (Å²) in [5.41, 5.74) is 8.92. The van der Waals surface area contributed by atoms with E-state index in [0.29, 0.717) is 12.0 Å². The van der Waals surface area contributed by atoms with Crippen molar-refractivity contribution in [1.82, 2.24) is 4.90 Å². The third-order valence-electron chi connectivity index (χ3n) is 4.92. The smallest absolute Gasteiger partial charge is 0.0233 e. The highest BCUT2D eigenvalue weighted by atomic mass is 15.1. The fraction of sp³-hybridized carbons (Fsp3) is 0.647. The number of nitrogens with zero attached hydrogens (tertiary/aromatic N) is 1. The van der Waals surface area contributed by atoms with E-state index in [9.17, 15) is 0 Å². The predicted octanol–water partition coefficient (Wildman–Crippen LogP) is 3.12. The Kier molecular flexibility index (Phi) is 3.90. The summed E-state index contributed by atoms with van der Waals surface area (Å²) in [5, 5.41) is 0. The number of nitrogens with two attached hydrogens (primary N) is 1. The zero-order chi connectivity index (χ0) is 13.2. The summed E-state index contributed by atoms with van der Waals surface area (Å²) in [5.74, 6) is 1.56. The van der Waals surface area contributed by atoms with Crippen LogP contribution in [0.1, 0.15) is 49.1 Å². The van der Waals surface area contributed by atoms with Crippen molar-refractivity contribution >= 4 is 0 Å². The van der Waals surface area contributed by atoms with Gasteiger partial charge in [-0.1, -0.05) is 30.7 Å². The molecule has 19 heavy (non-hydrogen) atoms. The molecule has 2 fully saturated rings. The summed E-state index contributed by atoms with van der Waals surface area (Å²) < 4.78 is 0. The molecule has 2 unspecified atom stereocenters. The first-order valence-corrected chi connectivity index (χ1v) is 7.77. The Hall–Kier alpha value is -0.860. The van der Waals surface area contributed by atoms with Crippen molar-refractivity contribution < 1.29 is 0 Å². The topological polar surface area (TPSA) is 29.3 Å². The van der Waals surface area contributed by atoms with Gasteiger partial charge in [0.1, 0.15) is 0 Å². The third kappa shape index (κ3) is 3.01. The molecule has 0 radical (unpaired) electrons. The maximum atomic E-state index is 5.90. The van der Waals surface area contributed by atoms with E-state index in [0.717, 1.165) is 19.0 Å². The van der Waals surface area contributed by atoms with Crippen LogP contribution >= 0.6 is 0 Å². The van der Waals surface area contributed by atoms with Crippen molar-refractivity contribution in [3.05, 3.63) is 35.4 Å². The predicted molar refractivity (Wildman–Crippen MR) is 80.1 cm³/mol. The number of hydrogen-bond donors (Lipinski definition) is 1. The zero-order valence-corrected chi connectivity index (χ0v) is 12.0. The molecule has 1 aromatic rings. The molecule has 2 N–H and O–H groups in total. The van der Waals surface area contributed by atoms with Gasteiger partial charge < -0.3 is 5.73 Å². The van der Waals surface area contributed by atoms with Crippen LogP contribution in [0.15, 0.2) is 24.3 Å². The monoisotopic (exact) mass is 258 g/mol. The van der Waals surface area contributed by atoms with Crippen LogP contribution in [0.25, 0.3) is 0 Å². The largest absolute Gasteiger partial charge is 0.330 e. The molecule has 0 aliphatic heterocycles. The SMILES string of the molecule is CN(Cc1cccc(C2CC2)c1)C1CCCC1CN. The Balaban J connectivity index is 1.65. The van der Waals surface area contributed by atoms with E-state index in [1.807, 2.05) is 0 Å². The highest BCUT2D eigenvalue weighted by Gasteiger charge is 2.29. The minimum Gasteiger partial charge on any atom is -0.330 e. The fourth-order valence-electron chi connectivity index (χ4n) is 3.64. The lowest BCUT2D eigenvalue weighted by atomic mass is 10.0. The van der Waals surface area contributed by atoms with Gasteiger partial charge in [0, 0.05) is 12.6 Å². The second-order valence-corrected chi connectivity index (χ2v) is 6.43. The van der Waals surface area contributed by atoms with Crippen LogP contribution in [-0.2, 0) is 6.54 Å². The summed E-state index contributed by atoms with van der Waals surface area (Å²) >= 11 is 0. The van der Waals surface area contributed by atoms with E-state index >= 15 is 0 Å². The van der Waals surface area contributed by atoms with Crippen LogP contribution < -0.4 is 5.73 Å². The molecule has 3 rings (SSSR count). The highest BCUT2D eigenvalue weighted by molar-refractivity contribution is 5.29. The number of benzene rings is 1. The van der Waals surface area contributed by atoms with Crippen molar-refractivity contribution in [2.45, 2.75) is 50.6 Å². The maximum absolute atomic E-state index is 5.90. The van der Waals surface area contributed by atoms with Crippen LogP contribution in [0.5, 0.6) is 0 Å². The molecule has 104 valence electrons. The van der Waals surface area contributed by atoms with Gasteiger partial charge in [-0.2, -0.15) is 0 Å². The Labute approximate surface area is 117 Å². The zero-order valence-electron chi connectivity index (χ0n) is 12.0. The molecule has 0 spiro atoms. The molecule has 2 heteroatoms. The molecule has 2 saturated carbocycles. The Morgan fingerprint density at radius 1 is 1.21 bits per heavy atom. The first-order valence-electron chi connectivity index (χ1n) is 7.77. The Morgan fingerprint density at radius 3 is 2.79 bits per heavy atom. The second-order valence-electron chi connectivity index (χ2n) is 6.43. The molecular weight excluding hydrogens is 232 g/mol. The molecule has 0 saturated heterocycles. The maximum Gasteiger partial charge on any atom is 0.0233 e. The quantitative estimate of drug-likeness (QED) is 0.879. The van der Waals surface area contributed by atoms with Crippen LogP contribution in [-0.4, -0.2) is 24.5 Å². The van der Waals surface area contributed by atoms with E-state index < -0.39 is 0 Å². The average Bonchev–Trinajstić information content (AvgIpc) is 3.16. The van der Waals surface area contributed by atoms with Crippen LogP contribution in [0.2, 0.25) is 0 Å². The van der Waals surface area contributed by atoms with Crippen LogP contribution in [0.4, 0.5) is 0 Å². The van der Waals surface area contributed by atoms with Crippen molar-refractivity contribution in [3.63, 3.8) is 0 Å². The van der Waals surface area contributed by atoms with Gasteiger partial charge in [-0.3, -0.25) is 4.90 Å². The first kappa shape index (κ1) is 13.1.